The average molecular weight is 247 g/mol. The summed E-state index contributed by atoms with van der Waals surface area (Å²) in [5.74, 6) is -0.0354. The lowest BCUT2D eigenvalue weighted by Gasteiger charge is -2.12. The molecule has 1 unspecified atom stereocenters. The summed E-state index contributed by atoms with van der Waals surface area (Å²) in [7, 11) is 3.82. The third-order valence-corrected chi connectivity index (χ3v) is 2.81. The first-order chi connectivity index (χ1) is 8.52. The van der Waals surface area contributed by atoms with Gasteiger partial charge in [0.25, 0.3) is 5.91 Å². The quantitative estimate of drug-likeness (QED) is 0.749. The number of quaternary nitrogens is 1. The van der Waals surface area contributed by atoms with E-state index in [1.54, 1.807) is 7.05 Å². The molecule has 1 atom stereocenters. The fourth-order valence-corrected chi connectivity index (χ4v) is 1.72. The monoisotopic (exact) mass is 247 g/mol. The van der Waals surface area contributed by atoms with Crippen LogP contribution in [0.1, 0.15) is 29.8 Å². The molecule has 2 N–H and O–H groups in total. The van der Waals surface area contributed by atoms with Gasteiger partial charge < -0.3 is 10.2 Å². The van der Waals surface area contributed by atoms with E-state index in [9.17, 15) is 4.79 Å². The molecule has 0 aromatic heterocycles. The van der Waals surface area contributed by atoms with Gasteiger partial charge in [0, 0.05) is 18.2 Å². The Labute approximate surface area is 109 Å². The lowest BCUT2D eigenvalue weighted by atomic mass is 10.1. The van der Waals surface area contributed by atoms with Crippen LogP contribution in [0.5, 0.6) is 0 Å². The van der Waals surface area contributed by atoms with Crippen LogP contribution in [0.15, 0.2) is 35.9 Å². The summed E-state index contributed by atoms with van der Waals surface area (Å²) in [6.45, 7) is 6.23. The Kier molecular flexibility index (Phi) is 5.59. The van der Waals surface area contributed by atoms with Crippen LogP contribution in [0, 0.1) is 0 Å². The van der Waals surface area contributed by atoms with E-state index in [2.05, 4.69) is 32.3 Å². The zero-order valence-corrected chi connectivity index (χ0v) is 11.7. The van der Waals surface area contributed by atoms with Crippen molar-refractivity contribution in [1.29, 1.82) is 0 Å². The molecule has 0 saturated heterocycles. The molecule has 0 fully saturated rings. The molecule has 98 valence electrons. The molecule has 0 heterocycles. The van der Waals surface area contributed by atoms with Gasteiger partial charge in [-0.15, -0.1) is 0 Å². The highest BCUT2D eigenvalue weighted by Crippen LogP contribution is 2.03. The van der Waals surface area contributed by atoms with Crippen LogP contribution in [0.3, 0.4) is 0 Å². The molecule has 0 spiro atoms. The summed E-state index contributed by atoms with van der Waals surface area (Å²) >= 11 is 0. The molecule has 0 aliphatic rings. The van der Waals surface area contributed by atoms with Gasteiger partial charge in [-0.05, 0) is 32.1 Å². The molecule has 1 aromatic carbocycles. The van der Waals surface area contributed by atoms with E-state index in [0.29, 0.717) is 5.56 Å². The van der Waals surface area contributed by atoms with Gasteiger partial charge in [0.15, 0.2) is 0 Å². The lowest BCUT2D eigenvalue weighted by Crippen LogP contribution is -3.07. The Hall–Kier alpha value is -1.61. The molecule has 1 rings (SSSR count). The van der Waals surface area contributed by atoms with Crippen LogP contribution in [0.2, 0.25) is 0 Å². The van der Waals surface area contributed by atoms with Crippen molar-refractivity contribution in [2.45, 2.75) is 20.4 Å². The lowest BCUT2D eigenvalue weighted by molar-refractivity contribution is -0.887. The Morgan fingerprint density at radius 3 is 2.39 bits per heavy atom. The predicted octanol–water partition coefficient (Wildman–Crippen LogP) is 1.03. The molecule has 0 saturated carbocycles. The molecule has 18 heavy (non-hydrogen) atoms. The van der Waals surface area contributed by atoms with E-state index in [1.165, 1.54) is 16.0 Å². The van der Waals surface area contributed by atoms with Crippen molar-refractivity contribution < 1.29 is 9.69 Å². The van der Waals surface area contributed by atoms with Crippen molar-refractivity contribution in [3.05, 3.63) is 47.0 Å². The fraction of sp³-hybridized carbons (Fsp3) is 0.400. The third-order valence-electron chi connectivity index (χ3n) is 2.81. The summed E-state index contributed by atoms with van der Waals surface area (Å²) < 4.78 is 0. The predicted molar refractivity (Wildman–Crippen MR) is 74.7 cm³/mol. The second-order valence-corrected chi connectivity index (χ2v) is 4.90. The van der Waals surface area contributed by atoms with Crippen molar-refractivity contribution in [1.82, 2.24) is 5.32 Å². The first kappa shape index (κ1) is 14.5. The molecule has 0 aliphatic heterocycles. The van der Waals surface area contributed by atoms with Gasteiger partial charge in [0.05, 0.1) is 13.6 Å². The van der Waals surface area contributed by atoms with E-state index < -0.39 is 0 Å². The van der Waals surface area contributed by atoms with Crippen molar-refractivity contribution in [3.8, 4) is 0 Å². The number of hydrogen-bond donors (Lipinski definition) is 2. The van der Waals surface area contributed by atoms with Crippen LogP contribution >= 0.6 is 0 Å². The Balaban J connectivity index is 2.58. The minimum Gasteiger partial charge on any atom is -0.355 e. The second kappa shape index (κ2) is 6.97. The van der Waals surface area contributed by atoms with Crippen LogP contribution in [0.25, 0.3) is 0 Å². The molecule has 1 aromatic rings. The molecule has 0 aliphatic carbocycles. The Bertz CT molecular complexity index is 417. The zero-order chi connectivity index (χ0) is 13.5. The second-order valence-electron chi connectivity index (χ2n) is 4.90. The minimum atomic E-state index is -0.0354. The van der Waals surface area contributed by atoms with Crippen LogP contribution in [0.4, 0.5) is 0 Å². The summed E-state index contributed by atoms with van der Waals surface area (Å²) in [6.07, 6.45) is 2.24. The maximum atomic E-state index is 11.4. The van der Waals surface area contributed by atoms with Gasteiger partial charge in [0.2, 0.25) is 0 Å². The first-order valence-corrected chi connectivity index (χ1v) is 6.28. The molecule has 3 nitrogen and oxygen atoms in total. The summed E-state index contributed by atoms with van der Waals surface area (Å²) in [4.78, 5) is 12.8. The molecular weight excluding hydrogens is 224 g/mol. The smallest absolute Gasteiger partial charge is 0.251 e. The van der Waals surface area contributed by atoms with Gasteiger partial charge in [0.1, 0.15) is 6.54 Å². The van der Waals surface area contributed by atoms with Crippen LogP contribution < -0.4 is 10.2 Å². The molecule has 1 amide bonds. The van der Waals surface area contributed by atoms with Crippen LogP contribution in [-0.4, -0.2) is 26.5 Å². The Morgan fingerprint density at radius 1 is 1.28 bits per heavy atom. The van der Waals surface area contributed by atoms with Crippen LogP contribution in [-0.2, 0) is 6.54 Å². The number of amides is 1. The topological polar surface area (TPSA) is 33.5 Å². The fourth-order valence-electron chi connectivity index (χ4n) is 1.72. The minimum absolute atomic E-state index is 0.0354. The number of likely N-dealkylation sites (N-methyl/N-ethyl adjacent to an activating group) is 1. The number of carbonyl (C=O) groups is 1. The van der Waals surface area contributed by atoms with E-state index in [-0.39, 0.29) is 5.91 Å². The van der Waals surface area contributed by atoms with Gasteiger partial charge in [-0.2, -0.15) is 0 Å². The average Bonchev–Trinajstić information content (AvgIpc) is 2.36. The highest BCUT2D eigenvalue weighted by atomic mass is 16.1. The van der Waals surface area contributed by atoms with E-state index in [4.69, 9.17) is 0 Å². The summed E-state index contributed by atoms with van der Waals surface area (Å²) in [5.41, 5.74) is 3.31. The van der Waals surface area contributed by atoms with Crippen molar-refractivity contribution >= 4 is 5.91 Å². The highest BCUT2D eigenvalue weighted by Gasteiger charge is 2.05. The van der Waals surface area contributed by atoms with Crippen molar-refractivity contribution in [2.24, 2.45) is 0 Å². The number of carbonyl (C=O) groups excluding carboxylic acids is 1. The van der Waals surface area contributed by atoms with E-state index in [0.717, 1.165) is 13.1 Å². The van der Waals surface area contributed by atoms with Crippen molar-refractivity contribution in [2.75, 3.05) is 20.6 Å². The normalized spacial score (nSPS) is 11.8. The van der Waals surface area contributed by atoms with E-state index >= 15 is 0 Å². The summed E-state index contributed by atoms with van der Waals surface area (Å²) in [5, 5.41) is 2.62. The SMILES string of the molecule is CNC(=O)c1ccc(C[NH+](C)CC=C(C)C)cc1. The van der Waals surface area contributed by atoms with Gasteiger partial charge in [-0.3, -0.25) is 4.79 Å². The number of rotatable bonds is 5. The number of benzene rings is 1. The summed E-state index contributed by atoms with van der Waals surface area (Å²) in [6, 6.07) is 7.80. The van der Waals surface area contributed by atoms with E-state index in [1.807, 2.05) is 24.3 Å². The molecule has 3 heteroatoms. The maximum Gasteiger partial charge on any atom is 0.251 e. The highest BCUT2D eigenvalue weighted by molar-refractivity contribution is 5.93. The molecule has 0 radical (unpaired) electrons. The largest absolute Gasteiger partial charge is 0.355 e. The molecule has 0 bridgehead atoms. The van der Waals surface area contributed by atoms with Crippen molar-refractivity contribution in [3.63, 3.8) is 0 Å². The van der Waals surface area contributed by atoms with Gasteiger partial charge in [-0.25, -0.2) is 0 Å². The van der Waals surface area contributed by atoms with Gasteiger partial charge in [-0.1, -0.05) is 17.7 Å². The standard InChI is InChI=1S/C15H22N2O/c1-12(2)9-10-17(4)11-13-5-7-14(8-6-13)15(18)16-3/h5-9H,10-11H2,1-4H3,(H,16,18)/p+1. The first-order valence-electron chi connectivity index (χ1n) is 6.28. The molecular formula is C15H23N2O+. The zero-order valence-electron chi connectivity index (χ0n) is 11.7. The number of hydrogen-bond acceptors (Lipinski definition) is 1. The maximum absolute atomic E-state index is 11.4. The third kappa shape index (κ3) is 4.72. The number of nitrogens with one attached hydrogen (secondary N) is 2. The van der Waals surface area contributed by atoms with Gasteiger partial charge >= 0.3 is 0 Å². The number of allylic oxidation sites excluding steroid dienone is 1. The Morgan fingerprint density at radius 2 is 1.89 bits per heavy atom.